The van der Waals surface area contributed by atoms with Gasteiger partial charge in [-0.3, -0.25) is 4.79 Å². The van der Waals surface area contributed by atoms with Gasteiger partial charge >= 0.3 is 0 Å². The van der Waals surface area contributed by atoms with Crippen LogP contribution in [0.4, 0.5) is 5.69 Å². The third kappa shape index (κ3) is 1.44. The zero-order valence-electron chi connectivity index (χ0n) is 7.83. The van der Waals surface area contributed by atoms with Crippen LogP contribution in [0.3, 0.4) is 0 Å². The van der Waals surface area contributed by atoms with E-state index in [1.165, 1.54) is 0 Å². The maximum absolute atomic E-state index is 11.0. The molecule has 2 N–H and O–H groups in total. The Morgan fingerprint density at radius 3 is 3.07 bits per heavy atom. The van der Waals surface area contributed by atoms with Crippen molar-refractivity contribution in [3.05, 3.63) is 23.3 Å². The molecule has 74 valence electrons. The van der Waals surface area contributed by atoms with E-state index in [2.05, 4.69) is 5.32 Å². The summed E-state index contributed by atoms with van der Waals surface area (Å²) < 4.78 is 5.22. The van der Waals surface area contributed by atoms with Crippen molar-refractivity contribution in [1.29, 1.82) is 0 Å². The van der Waals surface area contributed by atoms with Crippen LogP contribution in [0.2, 0.25) is 0 Å². The fraction of sp³-hybridized carbons (Fsp3) is 0.300. The second-order valence-electron chi connectivity index (χ2n) is 3.27. The van der Waals surface area contributed by atoms with Gasteiger partial charge in [0.05, 0.1) is 12.3 Å². The summed E-state index contributed by atoms with van der Waals surface area (Å²) in [6.07, 6.45) is 0. The van der Waals surface area contributed by atoms with E-state index in [1.54, 1.807) is 6.07 Å². The fourth-order valence-electron chi connectivity index (χ4n) is 1.44. The van der Waals surface area contributed by atoms with Gasteiger partial charge in [-0.15, -0.1) is 0 Å². The Hall–Kier alpha value is -1.55. The van der Waals surface area contributed by atoms with Crippen LogP contribution in [0.1, 0.15) is 11.1 Å². The molecule has 1 aromatic rings. The first-order chi connectivity index (χ1) is 6.70. The predicted molar refractivity (Wildman–Crippen MR) is 51.2 cm³/mol. The summed E-state index contributed by atoms with van der Waals surface area (Å²) in [5, 5.41) is 11.7. The van der Waals surface area contributed by atoms with Crippen molar-refractivity contribution < 1.29 is 14.6 Å². The predicted octanol–water partition coefficient (Wildman–Crippen LogP) is 0.818. The number of benzene rings is 1. The summed E-state index contributed by atoms with van der Waals surface area (Å²) in [5.74, 6) is 0.504. The minimum atomic E-state index is -0.162. The highest BCUT2D eigenvalue weighted by Gasteiger charge is 2.16. The van der Waals surface area contributed by atoms with Gasteiger partial charge in [0.25, 0.3) is 5.91 Å². The number of ether oxygens (including phenoxy) is 1. The molecule has 14 heavy (non-hydrogen) atoms. The zero-order valence-corrected chi connectivity index (χ0v) is 7.83. The highest BCUT2D eigenvalue weighted by atomic mass is 16.5. The lowest BCUT2D eigenvalue weighted by atomic mass is 10.1. The van der Waals surface area contributed by atoms with Gasteiger partial charge in [0.15, 0.2) is 6.61 Å². The minimum Gasteiger partial charge on any atom is -0.482 e. The van der Waals surface area contributed by atoms with Crippen molar-refractivity contribution >= 4 is 11.6 Å². The SMILES string of the molecule is Cc1cc2c(cc1CO)NC(=O)CO2. The molecule has 0 spiro atoms. The van der Waals surface area contributed by atoms with Crippen LogP contribution in [-0.2, 0) is 11.4 Å². The molecule has 2 rings (SSSR count). The Kier molecular flexibility index (Phi) is 2.13. The van der Waals surface area contributed by atoms with Crippen LogP contribution in [-0.4, -0.2) is 17.6 Å². The molecule has 1 heterocycles. The summed E-state index contributed by atoms with van der Waals surface area (Å²) in [5.41, 5.74) is 2.40. The molecule has 0 saturated heterocycles. The molecule has 1 amide bonds. The molecule has 4 heteroatoms. The summed E-state index contributed by atoms with van der Waals surface area (Å²) in [6.45, 7) is 1.92. The Labute approximate surface area is 81.5 Å². The molecule has 0 radical (unpaired) electrons. The topological polar surface area (TPSA) is 58.6 Å². The second-order valence-corrected chi connectivity index (χ2v) is 3.27. The Morgan fingerprint density at radius 2 is 2.36 bits per heavy atom. The average Bonchev–Trinajstić information content (AvgIpc) is 2.17. The number of carbonyl (C=O) groups is 1. The number of aryl methyl sites for hydroxylation is 1. The van der Waals surface area contributed by atoms with E-state index < -0.39 is 0 Å². The molecule has 1 aromatic carbocycles. The third-order valence-corrected chi connectivity index (χ3v) is 2.24. The first-order valence-corrected chi connectivity index (χ1v) is 4.37. The molecule has 1 aliphatic heterocycles. The van der Waals surface area contributed by atoms with Crippen LogP contribution in [0.25, 0.3) is 0 Å². The number of amides is 1. The van der Waals surface area contributed by atoms with Crippen molar-refractivity contribution in [1.82, 2.24) is 0 Å². The molecule has 0 bridgehead atoms. The quantitative estimate of drug-likeness (QED) is 0.694. The van der Waals surface area contributed by atoms with Gasteiger partial charge in [-0.1, -0.05) is 0 Å². The molecular weight excluding hydrogens is 182 g/mol. The number of aliphatic hydroxyl groups excluding tert-OH is 1. The third-order valence-electron chi connectivity index (χ3n) is 2.24. The molecule has 0 atom stereocenters. The second kappa shape index (κ2) is 3.31. The van der Waals surface area contributed by atoms with Crippen molar-refractivity contribution in [2.45, 2.75) is 13.5 Å². The van der Waals surface area contributed by atoms with Crippen LogP contribution in [0, 0.1) is 6.92 Å². The van der Waals surface area contributed by atoms with Gasteiger partial charge in [0.1, 0.15) is 5.75 Å². The van der Waals surface area contributed by atoms with E-state index in [-0.39, 0.29) is 19.1 Å². The smallest absolute Gasteiger partial charge is 0.262 e. The van der Waals surface area contributed by atoms with E-state index in [0.29, 0.717) is 11.4 Å². The molecule has 0 aromatic heterocycles. The monoisotopic (exact) mass is 193 g/mol. The maximum atomic E-state index is 11.0. The first-order valence-electron chi connectivity index (χ1n) is 4.37. The van der Waals surface area contributed by atoms with Crippen LogP contribution >= 0.6 is 0 Å². The lowest BCUT2D eigenvalue weighted by Crippen LogP contribution is -2.25. The van der Waals surface area contributed by atoms with E-state index in [1.807, 2.05) is 13.0 Å². The summed E-state index contributed by atoms with van der Waals surface area (Å²) in [4.78, 5) is 11.0. The Balaban J connectivity index is 2.46. The van der Waals surface area contributed by atoms with Crippen molar-refractivity contribution in [2.75, 3.05) is 11.9 Å². The highest BCUT2D eigenvalue weighted by Crippen LogP contribution is 2.30. The number of fused-ring (bicyclic) bond motifs is 1. The van der Waals surface area contributed by atoms with Gasteiger partial charge < -0.3 is 15.2 Å². The summed E-state index contributed by atoms with van der Waals surface area (Å²) in [7, 11) is 0. The highest BCUT2D eigenvalue weighted by molar-refractivity contribution is 5.95. The van der Waals surface area contributed by atoms with Crippen molar-refractivity contribution in [3.63, 3.8) is 0 Å². The molecular formula is C10H11NO3. The Bertz CT molecular complexity index is 387. The van der Waals surface area contributed by atoms with E-state index in [0.717, 1.165) is 11.1 Å². The van der Waals surface area contributed by atoms with Gasteiger partial charge in [-0.25, -0.2) is 0 Å². The van der Waals surface area contributed by atoms with Crippen molar-refractivity contribution in [2.24, 2.45) is 0 Å². The molecule has 4 nitrogen and oxygen atoms in total. The fourth-order valence-corrected chi connectivity index (χ4v) is 1.44. The maximum Gasteiger partial charge on any atom is 0.262 e. The number of anilines is 1. The number of carbonyl (C=O) groups excluding carboxylic acids is 1. The van der Waals surface area contributed by atoms with Crippen LogP contribution in [0.5, 0.6) is 5.75 Å². The number of hydrogen-bond donors (Lipinski definition) is 2. The summed E-state index contributed by atoms with van der Waals surface area (Å²) >= 11 is 0. The molecule has 0 saturated carbocycles. The normalized spacial score (nSPS) is 14.3. The van der Waals surface area contributed by atoms with Crippen molar-refractivity contribution in [3.8, 4) is 5.75 Å². The number of nitrogens with one attached hydrogen (secondary N) is 1. The standard InChI is InChI=1S/C10H11NO3/c1-6-2-9-8(3-7(6)4-12)11-10(13)5-14-9/h2-3,12H,4-5H2,1H3,(H,11,13). The zero-order chi connectivity index (χ0) is 10.1. The molecule has 1 aliphatic rings. The van der Waals surface area contributed by atoms with Crippen LogP contribution < -0.4 is 10.1 Å². The molecule has 0 fully saturated rings. The lowest BCUT2D eigenvalue weighted by molar-refractivity contribution is -0.118. The largest absolute Gasteiger partial charge is 0.482 e. The molecule has 0 aliphatic carbocycles. The van der Waals surface area contributed by atoms with Gasteiger partial charge in [0, 0.05) is 0 Å². The Morgan fingerprint density at radius 1 is 1.57 bits per heavy atom. The van der Waals surface area contributed by atoms with Crippen LogP contribution in [0.15, 0.2) is 12.1 Å². The van der Waals surface area contributed by atoms with E-state index >= 15 is 0 Å². The number of rotatable bonds is 1. The number of hydrogen-bond acceptors (Lipinski definition) is 3. The van der Waals surface area contributed by atoms with Gasteiger partial charge in [-0.05, 0) is 30.2 Å². The minimum absolute atomic E-state index is 0.0328. The van der Waals surface area contributed by atoms with Gasteiger partial charge in [0.2, 0.25) is 0 Å². The van der Waals surface area contributed by atoms with E-state index in [4.69, 9.17) is 9.84 Å². The van der Waals surface area contributed by atoms with Gasteiger partial charge in [-0.2, -0.15) is 0 Å². The average molecular weight is 193 g/mol. The first kappa shape index (κ1) is 9.02. The summed E-state index contributed by atoms with van der Waals surface area (Å²) in [6, 6.07) is 3.56. The number of aliphatic hydroxyl groups is 1. The lowest BCUT2D eigenvalue weighted by Gasteiger charge is -2.19. The molecule has 0 unspecified atom stereocenters. The van der Waals surface area contributed by atoms with E-state index in [9.17, 15) is 4.79 Å².